The van der Waals surface area contributed by atoms with Crippen LogP contribution in [0.1, 0.15) is 40.2 Å². The third-order valence-electron chi connectivity index (χ3n) is 8.27. The van der Waals surface area contributed by atoms with E-state index in [1.165, 1.54) is 9.47 Å². The number of likely N-dealkylation sites (N-methyl/N-ethyl adjacent to an activating group) is 1. The summed E-state index contributed by atoms with van der Waals surface area (Å²) in [6.45, 7) is 3.03. The number of aromatic nitrogens is 3. The highest BCUT2D eigenvalue weighted by Gasteiger charge is 2.36. The fraction of sp³-hybridized carbons (Fsp3) is 0.400. The number of carbonyl (C=O) groups excluding carboxylic acids is 1. The molecule has 0 saturated carbocycles. The van der Waals surface area contributed by atoms with Gasteiger partial charge in [-0.3, -0.25) is 19.4 Å². The van der Waals surface area contributed by atoms with Gasteiger partial charge in [-0.1, -0.05) is 0 Å². The van der Waals surface area contributed by atoms with Gasteiger partial charge in [-0.05, 0) is 44.0 Å². The molecule has 6 heterocycles. The van der Waals surface area contributed by atoms with E-state index in [1.54, 1.807) is 37.7 Å². The zero-order valence-electron chi connectivity index (χ0n) is 23.9. The number of pyridine rings is 2. The van der Waals surface area contributed by atoms with E-state index in [0.29, 0.717) is 48.3 Å². The Morgan fingerprint density at radius 2 is 2.02 bits per heavy atom. The van der Waals surface area contributed by atoms with Crippen molar-refractivity contribution in [3.05, 3.63) is 75.0 Å². The van der Waals surface area contributed by atoms with Gasteiger partial charge >= 0.3 is 0 Å². The number of nitrogens with two attached hydrogens (primary N) is 1. The van der Waals surface area contributed by atoms with Crippen molar-refractivity contribution in [1.29, 1.82) is 0 Å². The maximum atomic E-state index is 15.5. The molecule has 0 bridgehead atoms. The normalized spacial score (nSPS) is 18.7. The molecule has 11 nitrogen and oxygen atoms in total. The highest BCUT2D eigenvalue weighted by atomic mass is 19.1. The Balaban J connectivity index is 1.37. The van der Waals surface area contributed by atoms with Gasteiger partial charge in [0.2, 0.25) is 0 Å². The van der Waals surface area contributed by atoms with Crippen LogP contribution in [0.25, 0.3) is 11.1 Å². The molecule has 0 unspecified atom stereocenters. The second-order valence-corrected chi connectivity index (χ2v) is 11.1. The van der Waals surface area contributed by atoms with Gasteiger partial charge in [-0.25, -0.2) is 14.4 Å². The number of carbonyl (C=O) groups is 1. The molecular formula is C30H35FN8O3. The van der Waals surface area contributed by atoms with Gasteiger partial charge in [0, 0.05) is 87.2 Å². The Morgan fingerprint density at radius 3 is 2.81 bits per heavy atom. The van der Waals surface area contributed by atoms with Crippen molar-refractivity contribution < 1.29 is 14.3 Å². The van der Waals surface area contributed by atoms with Crippen molar-refractivity contribution >= 4 is 23.2 Å². The monoisotopic (exact) mass is 574 g/mol. The van der Waals surface area contributed by atoms with Crippen LogP contribution < -0.4 is 21.5 Å². The molecule has 0 atom stereocenters. The summed E-state index contributed by atoms with van der Waals surface area (Å²) in [7, 11) is 3.63. The van der Waals surface area contributed by atoms with E-state index in [1.807, 2.05) is 11.6 Å². The largest absolute Gasteiger partial charge is 0.392 e. The lowest BCUT2D eigenvalue weighted by atomic mass is 10.00. The first kappa shape index (κ1) is 27.9. The number of aryl methyl sites for hydroxylation is 1. The van der Waals surface area contributed by atoms with Crippen molar-refractivity contribution in [2.45, 2.75) is 38.8 Å². The number of fused-ring (bicyclic) bond motifs is 3. The first-order chi connectivity index (χ1) is 20.3. The highest BCUT2D eigenvalue weighted by molar-refractivity contribution is 6.08. The van der Waals surface area contributed by atoms with Crippen molar-refractivity contribution in [3.8, 4) is 11.1 Å². The standard InChI is InChI=1S/C30H35FN8O3/c1-36-12-9-33-19(16-36)14-25(32)35-22-13-18(15-37(2)29(22)41)20-6-8-34-28(21(20)17-40)39-11-7-23-26(30(39)42)27(31)24-5-3-4-10-38(23)24/h6,8,13-15,33,40H,3-5,7,9-12,16-17H2,1-2H3,(H2,32,35)/b19-14-. The summed E-state index contributed by atoms with van der Waals surface area (Å²) in [5.41, 5.74) is 9.95. The number of aliphatic imine (C=N–C) groups is 1. The number of hydrogen-bond donors (Lipinski definition) is 3. The molecule has 42 heavy (non-hydrogen) atoms. The second kappa shape index (κ2) is 11.2. The van der Waals surface area contributed by atoms with Crippen molar-refractivity contribution in [3.63, 3.8) is 0 Å². The van der Waals surface area contributed by atoms with Gasteiger partial charge in [0.25, 0.3) is 11.5 Å². The first-order valence-corrected chi connectivity index (χ1v) is 14.2. The molecule has 0 spiro atoms. The maximum Gasteiger partial charge on any atom is 0.276 e. The van der Waals surface area contributed by atoms with Crippen LogP contribution in [0.2, 0.25) is 0 Å². The number of nitrogens with one attached hydrogen (secondary N) is 1. The fourth-order valence-electron chi connectivity index (χ4n) is 6.24. The van der Waals surface area contributed by atoms with Crippen molar-refractivity contribution in [2.75, 3.05) is 38.1 Å². The number of anilines is 1. The zero-order chi connectivity index (χ0) is 29.5. The van der Waals surface area contributed by atoms with Crippen molar-refractivity contribution in [1.82, 2.24) is 24.3 Å². The van der Waals surface area contributed by atoms with Gasteiger partial charge in [-0.15, -0.1) is 0 Å². The van der Waals surface area contributed by atoms with Gasteiger partial charge < -0.3 is 25.3 Å². The quantitative estimate of drug-likeness (QED) is 0.313. The summed E-state index contributed by atoms with van der Waals surface area (Å²) in [6, 6.07) is 3.33. The second-order valence-electron chi connectivity index (χ2n) is 11.1. The lowest BCUT2D eigenvalue weighted by molar-refractivity contribution is 0.0975. The first-order valence-electron chi connectivity index (χ1n) is 14.2. The van der Waals surface area contributed by atoms with Crippen LogP contribution in [0.4, 0.5) is 15.9 Å². The van der Waals surface area contributed by atoms with Gasteiger partial charge in [0.15, 0.2) is 5.82 Å². The smallest absolute Gasteiger partial charge is 0.276 e. The fourth-order valence-corrected chi connectivity index (χ4v) is 6.24. The number of aliphatic hydroxyl groups excluding tert-OH is 1. The van der Waals surface area contributed by atoms with Crippen molar-refractivity contribution in [2.24, 2.45) is 17.8 Å². The molecule has 3 aliphatic rings. The van der Waals surface area contributed by atoms with E-state index in [-0.39, 0.29) is 28.5 Å². The molecule has 1 saturated heterocycles. The third kappa shape index (κ3) is 4.90. The number of amidine groups is 1. The summed E-state index contributed by atoms with van der Waals surface area (Å²) >= 11 is 0. The predicted octanol–water partition coefficient (Wildman–Crippen LogP) is 1.83. The van der Waals surface area contributed by atoms with Gasteiger partial charge in [-0.2, -0.15) is 0 Å². The Bertz CT molecular complexity index is 1690. The summed E-state index contributed by atoms with van der Waals surface area (Å²) in [6.07, 6.45) is 7.89. The molecule has 3 aromatic rings. The van der Waals surface area contributed by atoms with E-state index in [0.717, 1.165) is 43.9 Å². The number of rotatable bonds is 5. The molecule has 0 aromatic carbocycles. The van der Waals surface area contributed by atoms with E-state index >= 15 is 4.39 Å². The summed E-state index contributed by atoms with van der Waals surface area (Å²) < 4.78 is 18.8. The molecule has 4 N–H and O–H groups in total. The van der Waals surface area contributed by atoms with Gasteiger partial charge in [0.05, 0.1) is 17.9 Å². The topological polar surface area (TPSA) is 134 Å². The molecule has 6 rings (SSSR count). The number of nitrogens with zero attached hydrogens (tertiary/aromatic N) is 6. The molecule has 3 aromatic heterocycles. The molecule has 0 aliphatic carbocycles. The number of hydrogen-bond acceptors (Lipinski definition) is 7. The molecule has 0 radical (unpaired) electrons. The molecule has 12 heteroatoms. The van der Waals surface area contributed by atoms with E-state index in [4.69, 9.17) is 5.73 Å². The van der Waals surface area contributed by atoms with Crippen LogP contribution in [0.15, 0.2) is 46.1 Å². The minimum absolute atomic E-state index is 0.108. The predicted molar refractivity (Wildman–Crippen MR) is 158 cm³/mol. The Hall–Kier alpha value is -4.29. The maximum absolute atomic E-state index is 15.5. The Kier molecular flexibility index (Phi) is 7.42. The molecule has 3 aliphatic heterocycles. The van der Waals surface area contributed by atoms with Crippen LogP contribution in [-0.2, 0) is 33.0 Å². The minimum Gasteiger partial charge on any atom is -0.392 e. The lowest BCUT2D eigenvalue weighted by Gasteiger charge is -2.29. The Morgan fingerprint density at radius 1 is 1.19 bits per heavy atom. The zero-order valence-corrected chi connectivity index (χ0v) is 23.9. The Labute approximate surface area is 242 Å². The average molecular weight is 575 g/mol. The minimum atomic E-state index is -0.455. The van der Waals surface area contributed by atoms with Crippen LogP contribution in [0.3, 0.4) is 0 Å². The highest BCUT2D eigenvalue weighted by Crippen LogP contribution is 2.36. The summed E-state index contributed by atoms with van der Waals surface area (Å²) in [5, 5.41) is 13.8. The average Bonchev–Trinajstić information content (AvgIpc) is 3.27. The SMILES string of the molecule is CN1CCN/C(=C\C(N)=Nc2cc(-c3ccnc(N4CCc5c(c(F)c6n5CCCC6)C4=O)c3CO)cn(C)c2=O)C1. The summed E-state index contributed by atoms with van der Waals surface area (Å²) in [4.78, 5) is 39.1. The van der Waals surface area contributed by atoms with E-state index < -0.39 is 18.3 Å². The van der Waals surface area contributed by atoms with E-state index in [9.17, 15) is 14.7 Å². The lowest BCUT2D eigenvalue weighted by Crippen LogP contribution is -2.40. The number of piperazine rings is 1. The van der Waals surface area contributed by atoms with Crippen LogP contribution in [0, 0.1) is 5.82 Å². The molecular weight excluding hydrogens is 539 g/mol. The third-order valence-corrected chi connectivity index (χ3v) is 8.27. The van der Waals surface area contributed by atoms with E-state index in [2.05, 4.69) is 20.2 Å². The van der Waals surface area contributed by atoms with Crippen LogP contribution in [0.5, 0.6) is 0 Å². The number of aliphatic hydroxyl groups is 1. The number of halogens is 1. The van der Waals surface area contributed by atoms with Gasteiger partial charge in [0.1, 0.15) is 17.3 Å². The number of amides is 1. The summed E-state index contributed by atoms with van der Waals surface area (Å²) in [5.74, 6) is -0.440. The molecule has 1 amide bonds. The molecule has 1 fully saturated rings. The van der Waals surface area contributed by atoms with Crippen LogP contribution >= 0.6 is 0 Å². The van der Waals surface area contributed by atoms with Crippen LogP contribution in [-0.4, -0.2) is 69.1 Å². The molecule has 220 valence electrons.